The zero-order valence-electron chi connectivity index (χ0n) is 6.49. The molecule has 12 heavy (non-hydrogen) atoms. The molecule has 0 bridgehead atoms. The predicted molar refractivity (Wildman–Crippen MR) is 49.6 cm³/mol. The van der Waals surface area contributed by atoms with Crippen LogP contribution in [-0.2, 0) is 0 Å². The summed E-state index contributed by atoms with van der Waals surface area (Å²) in [5.74, 6) is 0. The number of aromatic nitrogens is 1. The van der Waals surface area contributed by atoms with Crippen LogP contribution in [0.3, 0.4) is 0 Å². The smallest absolute Gasteiger partial charge is 0.0708 e. The van der Waals surface area contributed by atoms with Crippen LogP contribution < -0.4 is 0 Å². The Morgan fingerprint density at radius 2 is 2.00 bits per heavy atom. The average molecular weight is 156 g/mol. The maximum Gasteiger partial charge on any atom is 0.0708 e. The van der Waals surface area contributed by atoms with Gasteiger partial charge in [0.25, 0.3) is 0 Å². The zero-order chi connectivity index (χ0) is 8.39. The Morgan fingerprint density at radius 1 is 1.17 bits per heavy atom. The summed E-state index contributed by atoms with van der Waals surface area (Å²) in [6.07, 6.45) is 3.08. The van der Waals surface area contributed by atoms with E-state index in [0.717, 1.165) is 16.5 Å². The molecule has 0 aliphatic rings. The first-order valence-corrected chi connectivity index (χ1v) is 3.76. The summed E-state index contributed by atoms with van der Waals surface area (Å²) in [6.45, 7) is 0. The van der Waals surface area contributed by atoms with E-state index in [0.29, 0.717) is 0 Å². The highest BCUT2D eigenvalue weighted by atomic mass is 14.6. The van der Waals surface area contributed by atoms with Gasteiger partial charge in [-0.3, -0.25) is 4.98 Å². The quantitative estimate of drug-likeness (QED) is 0.631. The van der Waals surface area contributed by atoms with Crippen molar-refractivity contribution in [3.8, 4) is 0 Å². The monoisotopic (exact) mass is 156 g/mol. The first-order valence-electron chi connectivity index (χ1n) is 3.76. The largest absolute Gasteiger partial charge is 0.308 e. The molecule has 1 aromatic carbocycles. The number of hydrogen-bond donors (Lipinski definition) is 1. The van der Waals surface area contributed by atoms with Gasteiger partial charge in [-0.1, -0.05) is 18.2 Å². The molecule has 0 unspecified atom stereocenters. The summed E-state index contributed by atoms with van der Waals surface area (Å²) >= 11 is 0. The first-order chi connectivity index (χ1) is 5.92. The van der Waals surface area contributed by atoms with Crippen LogP contribution in [0.2, 0.25) is 0 Å². The molecule has 1 aromatic heterocycles. The third-order valence-electron chi connectivity index (χ3n) is 1.84. The molecular weight excluding hydrogens is 148 g/mol. The van der Waals surface area contributed by atoms with Gasteiger partial charge < -0.3 is 5.41 Å². The summed E-state index contributed by atoms with van der Waals surface area (Å²) in [7, 11) is 0. The molecule has 0 amide bonds. The van der Waals surface area contributed by atoms with Crippen molar-refractivity contribution in [1.82, 2.24) is 4.98 Å². The normalized spacial score (nSPS) is 10.0. The predicted octanol–water partition coefficient (Wildman–Crippen LogP) is 2.23. The van der Waals surface area contributed by atoms with E-state index in [2.05, 4.69) is 4.98 Å². The summed E-state index contributed by atoms with van der Waals surface area (Å²) in [4.78, 5) is 4.19. The Morgan fingerprint density at radius 3 is 2.83 bits per heavy atom. The molecule has 58 valence electrons. The molecule has 0 atom stereocenters. The van der Waals surface area contributed by atoms with Crippen LogP contribution in [0.4, 0.5) is 0 Å². The molecule has 2 heteroatoms. The van der Waals surface area contributed by atoms with Crippen molar-refractivity contribution in [2.45, 2.75) is 0 Å². The second-order valence-electron chi connectivity index (χ2n) is 2.56. The van der Waals surface area contributed by atoms with Gasteiger partial charge in [0.1, 0.15) is 0 Å². The number of benzene rings is 1. The van der Waals surface area contributed by atoms with Gasteiger partial charge in [0.05, 0.1) is 5.52 Å². The Bertz CT molecular complexity index is 416. The molecule has 0 saturated heterocycles. The lowest BCUT2D eigenvalue weighted by Gasteiger charge is -1.98. The van der Waals surface area contributed by atoms with Gasteiger partial charge >= 0.3 is 0 Å². The number of para-hydroxylation sites is 1. The SMILES string of the molecule is N=Cc1ccnc2ccccc12. The van der Waals surface area contributed by atoms with Gasteiger partial charge in [-0.15, -0.1) is 0 Å². The van der Waals surface area contributed by atoms with Crippen molar-refractivity contribution in [1.29, 1.82) is 5.41 Å². The highest BCUT2D eigenvalue weighted by Crippen LogP contribution is 2.13. The van der Waals surface area contributed by atoms with Crippen molar-refractivity contribution >= 4 is 17.1 Å². The van der Waals surface area contributed by atoms with Gasteiger partial charge in [0.15, 0.2) is 0 Å². The standard InChI is InChI=1S/C10H8N2/c11-7-8-5-6-12-10-4-2-1-3-9(8)10/h1-7,11H. The van der Waals surface area contributed by atoms with E-state index in [4.69, 9.17) is 5.41 Å². The fourth-order valence-electron chi connectivity index (χ4n) is 1.24. The van der Waals surface area contributed by atoms with Crippen LogP contribution in [0.5, 0.6) is 0 Å². The molecule has 2 nitrogen and oxygen atoms in total. The minimum absolute atomic E-state index is 0.917. The number of fused-ring (bicyclic) bond motifs is 1. The lowest BCUT2D eigenvalue weighted by molar-refractivity contribution is 1.40. The van der Waals surface area contributed by atoms with E-state index in [1.807, 2.05) is 30.3 Å². The van der Waals surface area contributed by atoms with E-state index in [9.17, 15) is 0 Å². The molecule has 0 saturated carbocycles. The second kappa shape index (κ2) is 2.74. The number of pyridine rings is 1. The highest BCUT2D eigenvalue weighted by molar-refractivity contribution is 5.96. The van der Waals surface area contributed by atoms with Gasteiger partial charge in [0.2, 0.25) is 0 Å². The van der Waals surface area contributed by atoms with Gasteiger partial charge in [-0.2, -0.15) is 0 Å². The summed E-state index contributed by atoms with van der Waals surface area (Å²) in [6, 6.07) is 9.67. The van der Waals surface area contributed by atoms with E-state index >= 15 is 0 Å². The van der Waals surface area contributed by atoms with Crippen molar-refractivity contribution in [3.05, 3.63) is 42.1 Å². The molecule has 2 rings (SSSR count). The highest BCUT2D eigenvalue weighted by Gasteiger charge is 1.96. The van der Waals surface area contributed by atoms with Crippen LogP contribution >= 0.6 is 0 Å². The molecule has 0 spiro atoms. The van der Waals surface area contributed by atoms with Gasteiger partial charge in [-0.05, 0) is 12.1 Å². The van der Waals surface area contributed by atoms with Gasteiger partial charge in [-0.25, -0.2) is 0 Å². The topological polar surface area (TPSA) is 36.7 Å². The molecule has 2 aromatic rings. The Kier molecular flexibility index (Phi) is 1.59. The molecule has 1 N–H and O–H groups in total. The second-order valence-corrected chi connectivity index (χ2v) is 2.56. The molecular formula is C10H8N2. The third kappa shape index (κ3) is 0.975. The summed E-state index contributed by atoms with van der Waals surface area (Å²) < 4.78 is 0. The maximum atomic E-state index is 7.17. The van der Waals surface area contributed by atoms with Crippen molar-refractivity contribution < 1.29 is 0 Å². The fourth-order valence-corrected chi connectivity index (χ4v) is 1.24. The van der Waals surface area contributed by atoms with Crippen molar-refractivity contribution in [2.24, 2.45) is 0 Å². The Balaban J connectivity index is 2.88. The maximum absolute atomic E-state index is 7.17. The first kappa shape index (κ1) is 6.98. The minimum atomic E-state index is 0.917. The van der Waals surface area contributed by atoms with Crippen molar-refractivity contribution in [2.75, 3.05) is 0 Å². The van der Waals surface area contributed by atoms with Crippen LogP contribution in [0.1, 0.15) is 5.56 Å². The Hall–Kier alpha value is -1.70. The number of nitrogens with zero attached hydrogens (tertiary/aromatic N) is 1. The number of rotatable bonds is 1. The average Bonchev–Trinajstić information content (AvgIpc) is 2.17. The summed E-state index contributed by atoms with van der Waals surface area (Å²) in [5.41, 5.74) is 1.86. The molecule has 0 aliphatic heterocycles. The minimum Gasteiger partial charge on any atom is -0.308 e. The molecule has 0 fully saturated rings. The summed E-state index contributed by atoms with van der Waals surface area (Å²) in [5, 5.41) is 8.21. The number of hydrogen-bond acceptors (Lipinski definition) is 2. The number of nitrogens with one attached hydrogen (secondary N) is 1. The lowest BCUT2D eigenvalue weighted by atomic mass is 10.1. The van der Waals surface area contributed by atoms with Gasteiger partial charge in [0, 0.05) is 23.4 Å². The third-order valence-corrected chi connectivity index (χ3v) is 1.84. The van der Waals surface area contributed by atoms with Crippen LogP contribution in [0.25, 0.3) is 10.9 Å². The molecule has 0 aliphatic carbocycles. The van der Waals surface area contributed by atoms with E-state index in [-0.39, 0.29) is 0 Å². The van der Waals surface area contributed by atoms with E-state index < -0.39 is 0 Å². The van der Waals surface area contributed by atoms with E-state index in [1.165, 1.54) is 6.21 Å². The fraction of sp³-hybridized carbons (Fsp3) is 0. The molecule has 0 radical (unpaired) electrons. The Labute approximate surface area is 70.4 Å². The molecule has 1 heterocycles. The van der Waals surface area contributed by atoms with E-state index in [1.54, 1.807) is 6.20 Å². The van der Waals surface area contributed by atoms with Crippen molar-refractivity contribution in [3.63, 3.8) is 0 Å². The van der Waals surface area contributed by atoms with Crippen LogP contribution in [0.15, 0.2) is 36.5 Å². The van der Waals surface area contributed by atoms with Crippen LogP contribution in [0, 0.1) is 5.41 Å². The lowest BCUT2D eigenvalue weighted by Crippen LogP contribution is -1.84. The van der Waals surface area contributed by atoms with Crippen LogP contribution in [-0.4, -0.2) is 11.2 Å². The zero-order valence-corrected chi connectivity index (χ0v) is 6.49.